The summed E-state index contributed by atoms with van der Waals surface area (Å²) in [6.07, 6.45) is 0.587. The highest BCUT2D eigenvalue weighted by molar-refractivity contribution is 7.99. The Morgan fingerprint density at radius 2 is 2.00 bits per heavy atom. The summed E-state index contributed by atoms with van der Waals surface area (Å²) in [7, 11) is 3.17. The van der Waals surface area contributed by atoms with Gasteiger partial charge in [0.05, 0.1) is 25.5 Å². The van der Waals surface area contributed by atoms with E-state index in [4.69, 9.17) is 15.2 Å². The molecule has 30 heavy (non-hydrogen) atoms. The van der Waals surface area contributed by atoms with Gasteiger partial charge in [-0.15, -0.1) is 21.5 Å². The number of fused-ring (bicyclic) bond motifs is 3. The number of hydrogen-bond donors (Lipinski definition) is 1. The van der Waals surface area contributed by atoms with E-state index in [0.29, 0.717) is 40.1 Å². The van der Waals surface area contributed by atoms with Crippen LogP contribution < -0.4 is 20.8 Å². The summed E-state index contributed by atoms with van der Waals surface area (Å²) in [5.41, 5.74) is 6.86. The number of primary amides is 1. The predicted molar refractivity (Wildman–Crippen MR) is 116 cm³/mol. The van der Waals surface area contributed by atoms with Crippen LogP contribution in [-0.4, -0.2) is 45.0 Å². The third-order valence-corrected chi connectivity index (χ3v) is 6.44. The van der Waals surface area contributed by atoms with Crippen molar-refractivity contribution in [2.45, 2.75) is 18.1 Å². The fraction of sp³-hybridized carbons (Fsp3) is 0.263. The normalized spacial score (nSPS) is 11.3. The van der Waals surface area contributed by atoms with Crippen LogP contribution in [0.15, 0.2) is 39.6 Å². The minimum absolute atomic E-state index is 0.0805. The van der Waals surface area contributed by atoms with Crippen molar-refractivity contribution >= 4 is 45.0 Å². The number of carbonyl (C=O) groups is 1. The lowest BCUT2D eigenvalue weighted by atomic mass is 10.1. The maximum absolute atomic E-state index is 13.1. The number of aryl methyl sites for hydroxylation is 2. The number of carbonyl (C=O) groups excluding carboxylic acids is 1. The number of benzene rings is 1. The Bertz CT molecular complexity index is 1290. The van der Waals surface area contributed by atoms with E-state index in [1.807, 2.05) is 29.6 Å². The SMILES string of the molecule is COc1ccc(CCn2c(=O)c3sccc3n3c(SCC(N)=O)nnc23)cc1OC. The van der Waals surface area contributed by atoms with Gasteiger partial charge >= 0.3 is 0 Å². The number of ether oxygens (including phenoxy) is 2. The second kappa shape index (κ2) is 8.36. The monoisotopic (exact) mass is 445 g/mol. The van der Waals surface area contributed by atoms with Gasteiger partial charge in [0.1, 0.15) is 4.70 Å². The first-order valence-electron chi connectivity index (χ1n) is 9.00. The van der Waals surface area contributed by atoms with Crippen molar-refractivity contribution in [1.82, 2.24) is 19.2 Å². The smallest absolute Gasteiger partial charge is 0.272 e. The summed E-state index contributed by atoms with van der Waals surface area (Å²) in [6, 6.07) is 7.52. The summed E-state index contributed by atoms with van der Waals surface area (Å²) in [6.45, 7) is 0.407. The Kier molecular flexibility index (Phi) is 5.64. The summed E-state index contributed by atoms with van der Waals surface area (Å²) in [4.78, 5) is 24.3. The maximum atomic E-state index is 13.1. The molecule has 0 saturated carbocycles. The van der Waals surface area contributed by atoms with Crippen molar-refractivity contribution in [2.24, 2.45) is 5.73 Å². The quantitative estimate of drug-likeness (QED) is 0.412. The summed E-state index contributed by atoms with van der Waals surface area (Å²) >= 11 is 2.56. The van der Waals surface area contributed by atoms with Gasteiger partial charge in [0.25, 0.3) is 5.56 Å². The van der Waals surface area contributed by atoms with E-state index in [-0.39, 0.29) is 11.3 Å². The van der Waals surface area contributed by atoms with Crippen LogP contribution in [0.3, 0.4) is 0 Å². The van der Waals surface area contributed by atoms with Crippen LogP contribution in [0.2, 0.25) is 0 Å². The Hall–Kier alpha value is -3.05. The molecule has 2 N–H and O–H groups in total. The fourth-order valence-corrected chi connectivity index (χ4v) is 4.71. The number of hydrogen-bond acceptors (Lipinski definition) is 8. The second-order valence-electron chi connectivity index (χ2n) is 6.40. The van der Waals surface area contributed by atoms with Crippen LogP contribution in [0.4, 0.5) is 0 Å². The van der Waals surface area contributed by atoms with Crippen LogP contribution in [-0.2, 0) is 17.8 Å². The average molecular weight is 446 g/mol. The third-order valence-electron chi connectivity index (χ3n) is 4.60. The van der Waals surface area contributed by atoms with E-state index in [2.05, 4.69) is 10.2 Å². The first kappa shape index (κ1) is 20.2. The molecule has 0 aliphatic carbocycles. The van der Waals surface area contributed by atoms with Gasteiger partial charge in [-0.2, -0.15) is 0 Å². The lowest BCUT2D eigenvalue weighted by molar-refractivity contribution is -0.115. The van der Waals surface area contributed by atoms with Crippen molar-refractivity contribution in [3.05, 3.63) is 45.6 Å². The lowest BCUT2D eigenvalue weighted by Gasteiger charge is -2.11. The Morgan fingerprint density at radius 3 is 2.73 bits per heavy atom. The molecule has 0 bridgehead atoms. The molecular formula is C19H19N5O4S2. The van der Waals surface area contributed by atoms with E-state index in [9.17, 15) is 9.59 Å². The molecule has 1 amide bonds. The van der Waals surface area contributed by atoms with Gasteiger partial charge in [-0.1, -0.05) is 17.8 Å². The maximum Gasteiger partial charge on any atom is 0.272 e. The molecule has 9 nitrogen and oxygen atoms in total. The number of aromatic nitrogens is 4. The predicted octanol–water partition coefficient (Wildman–Crippen LogP) is 1.94. The van der Waals surface area contributed by atoms with Crippen molar-refractivity contribution in [2.75, 3.05) is 20.0 Å². The van der Waals surface area contributed by atoms with Gasteiger partial charge in [0.15, 0.2) is 16.7 Å². The highest BCUT2D eigenvalue weighted by atomic mass is 32.2. The van der Waals surface area contributed by atoms with Crippen LogP contribution in [0.1, 0.15) is 5.56 Å². The standard InChI is InChI=1S/C19H19N5O4S2/c1-27-13-4-3-11(9-14(13)28-2)5-7-23-17(26)16-12(6-8-29-16)24-18(23)21-22-19(24)30-10-15(20)25/h3-4,6,8-9H,5,7,10H2,1-2H3,(H2,20,25). The summed E-state index contributed by atoms with van der Waals surface area (Å²) < 4.78 is 14.7. The van der Waals surface area contributed by atoms with E-state index in [1.165, 1.54) is 23.1 Å². The molecule has 0 unspecified atom stereocenters. The lowest BCUT2D eigenvalue weighted by Crippen LogP contribution is -2.23. The zero-order chi connectivity index (χ0) is 21.3. The number of rotatable bonds is 8. The highest BCUT2D eigenvalue weighted by Gasteiger charge is 2.18. The molecular weight excluding hydrogens is 426 g/mol. The molecule has 0 spiro atoms. The van der Waals surface area contributed by atoms with Crippen LogP contribution in [0.5, 0.6) is 11.5 Å². The van der Waals surface area contributed by atoms with Gasteiger partial charge < -0.3 is 15.2 Å². The van der Waals surface area contributed by atoms with Gasteiger partial charge in [-0.05, 0) is 35.6 Å². The molecule has 3 aromatic heterocycles. The summed E-state index contributed by atoms with van der Waals surface area (Å²) in [5, 5.41) is 10.8. The largest absolute Gasteiger partial charge is 0.493 e. The highest BCUT2D eigenvalue weighted by Crippen LogP contribution is 2.28. The Morgan fingerprint density at radius 1 is 1.20 bits per heavy atom. The molecule has 0 aliphatic heterocycles. The van der Waals surface area contributed by atoms with E-state index in [1.54, 1.807) is 23.2 Å². The fourth-order valence-electron chi connectivity index (χ4n) is 3.21. The minimum Gasteiger partial charge on any atom is -0.493 e. The summed E-state index contributed by atoms with van der Waals surface area (Å²) in [5.74, 6) is 1.35. The van der Waals surface area contributed by atoms with Crippen molar-refractivity contribution in [1.29, 1.82) is 0 Å². The molecule has 156 valence electrons. The van der Waals surface area contributed by atoms with Crippen LogP contribution >= 0.6 is 23.1 Å². The zero-order valence-corrected chi connectivity index (χ0v) is 18.0. The average Bonchev–Trinajstić information content (AvgIpc) is 3.39. The first-order chi connectivity index (χ1) is 14.5. The molecule has 11 heteroatoms. The van der Waals surface area contributed by atoms with Crippen molar-refractivity contribution in [3.63, 3.8) is 0 Å². The molecule has 1 aromatic carbocycles. The van der Waals surface area contributed by atoms with E-state index >= 15 is 0 Å². The number of methoxy groups -OCH3 is 2. The van der Waals surface area contributed by atoms with Gasteiger partial charge in [0.2, 0.25) is 11.7 Å². The number of amides is 1. The Labute approximate surface area is 179 Å². The number of thioether (sulfide) groups is 1. The second-order valence-corrected chi connectivity index (χ2v) is 8.26. The van der Waals surface area contributed by atoms with Gasteiger partial charge in [-0.3, -0.25) is 18.6 Å². The van der Waals surface area contributed by atoms with Crippen LogP contribution in [0, 0.1) is 0 Å². The molecule has 0 fully saturated rings. The van der Waals surface area contributed by atoms with Crippen molar-refractivity contribution in [3.8, 4) is 11.5 Å². The number of nitrogens with zero attached hydrogens (tertiary/aromatic N) is 4. The zero-order valence-electron chi connectivity index (χ0n) is 16.3. The first-order valence-corrected chi connectivity index (χ1v) is 10.9. The van der Waals surface area contributed by atoms with E-state index < -0.39 is 5.91 Å². The van der Waals surface area contributed by atoms with Crippen LogP contribution in [0.25, 0.3) is 16.0 Å². The minimum atomic E-state index is -0.444. The molecule has 3 heterocycles. The molecule has 0 saturated heterocycles. The number of nitrogens with two attached hydrogens (primary N) is 1. The van der Waals surface area contributed by atoms with Gasteiger partial charge in [-0.25, -0.2) is 0 Å². The molecule has 0 atom stereocenters. The molecule has 4 rings (SSSR count). The van der Waals surface area contributed by atoms with E-state index in [0.717, 1.165) is 11.1 Å². The third kappa shape index (κ3) is 3.61. The topological polar surface area (TPSA) is 114 Å². The Balaban J connectivity index is 1.74. The van der Waals surface area contributed by atoms with Crippen molar-refractivity contribution < 1.29 is 14.3 Å². The number of thiophene rings is 1. The molecule has 0 radical (unpaired) electrons. The molecule has 0 aliphatic rings. The van der Waals surface area contributed by atoms with Gasteiger partial charge in [0, 0.05) is 6.54 Å². The molecule has 4 aromatic rings.